The molecule has 4 heteroatoms. The van der Waals surface area contributed by atoms with E-state index in [0.717, 1.165) is 0 Å². The van der Waals surface area contributed by atoms with Gasteiger partial charge in [0.25, 0.3) is 0 Å². The van der Waals surface area contributed by atoms with Gasteiger partial charge in [-0.25, -0.2) is 9.78 Å². The van der Waals surface area contributed by atoms with Crippen LogP contribution in [0.5, 0.6) is 0 Å². The fraction of sp³-hybridized carbons (Fsp3) is 0.250. The van der Waals surface area contributed by atoms with Gasteiger partial charge in [0.05, 0.1) is 0 Å². The molecule has 0 radical (unpaired) electrons. The average molecular weight is 166 g/mol. The van der Waals surface area contributed by atoms with Crippen LogP contribution in [0.1, 0.15) is 10.5 Å². The fourth-order valence-corrected chi connectivity index (χ4v) is 0.709. The Balaban J connectivity index is 2.54. The molecular formula is C8H10N2O2. The Hall–Kier alpha value is -1.42. The zero-order chi connectivity index (χ0) is 8.81. The van der Waals surface area contributed by atoms with Crippen LogP contribution in [0.25, 0.3) is 0 Å². The number of nitrogens with zero attached hydrogens (tertiary/aromatic N) is 1. The van der Waals surface area contributed by atoms with Crippen molar-refractivity contribution in [2.45, 2.75) is 0 Å². The topological polar surface area (TPSA) is 65.2 Å². The van der Waals surface area contributed by atoms with Gasteiger partial charge in [-0.15, -0.1) is 0 Å². The molecule has 0 aliphatic carbocycles. The predicted molar refractivity (Wildman–Crippen MR) is 43.6 cm³/mol. The molecule has 0 atom stereocenters. The Morgan fingerprint density at radius 3 is 3.00 bits per heavy atom. The molecule has 0 fully saturated rings. The van der Waals surface area contributed by atoms with Crippen molar-refractivity contribution in [3.63, 3.8) is 0 Å². The van der Waals surface area contributed by atoms with E-state index in [2.05, 4.69) is 4.98 Å². The molecule has 0 saturated carbocycles. The smallest absolute Gasteiger partial charge is 0.356 e. The molecule has 0 spiro atoms. The third-order valence-electron chi connectivity index (χ3n) is 1.23. The van der Waals surface area contributed by atoms with Gasteiger partial charge in [0.2, 0.25) is 0 Å². The van der Waals surface area contributed by atoms with E-state index in [1.807, 2.05) is 0 Å². The Kier molecular flexibility index (Phi) is 3.22. The minimum atomic E-state index is -0.430. The highest BCUT2D eigenvalue weighted by Gasteiger charge is 2.05. The molecule has 2 N–H and O–H groups in total. The van der Waals surface area contributed by atoms with Gasteiger partial charge in [0.15, 0.2) is 0 Å². The van der Waals surface area contributed by atoms with Gasteiger partial charge in [0.1, 0.15) is 12.3 Å². The molecule has 64 valence electrons. The number of ether oxygens (including phenoxy) is 1. The second-order valence-electron chi connectivity index (χ2n) is 2.14. The highest BCUT2D eigenvalue weighted by Crippen LogP contribution is 1.95. The van der Waals surface area contributed by atoms with E-state index in [4.69, 9.17) is 10.5 Å². The Morgan fingerprint density at radius 2 is 2.42 bits per heavy atom. The van der Waals surface area contributed by atoms with Crippen molar-refractivity contribution in [2.75, 3.05) is 13.2 Å². The van der Waals surface area contributed by atoms with E-state index >= 15 is 0 Å². The second-order valence-corrected chi connectivity index (χ2v) is 2.14. The minimum Gasteiger partial charge on any atom is -0.460 e. The first kappa shape index (κ1) is 8.67. The van der Waals surface area contributed by atoms with Crippen molar-refractivity contribution < 1.29 is 9.53 Å². The van der Waals surface area contributed by atoms with Crippen molar-refractivity contribution in [1.82, 2.24) is 4.98 Å². The summed E-state index contributed by atoms with van der Waals surface area (Å²) in [5.74, 6) is -0.430. The summed E-state index contributed by atoms with van der Waals surface area (Å²) >= 11 is 0. The normalized spacial score (nSPS) is 9.42. The molecule has 0 aliphatic rings. The SMILES string of the molecule is NCCOC(=O)c1ccccn1. The molecule has 0 bridgehead atoms. The minimum absolute atomic E-state index is 0.232. The molecule has 1 rings (SSSR count). The lowest BCUT2D eigenvalue weighted by atomic mass is 10.4. The third-order valence-corrected chi connectivity index (χ3v) is 1.23. The lowest BCUT2D eigenvalue weighted by Crippen LogP contribution is -2.14. The zero-order valence-corrected chi connectivity index (χ0v) is 6.56. The number of hydrogen-bond acceptors (Lipinski definition) is 4. The summed E-state index contributed by atoms with van der Waals surface area (Å²) in [6.07, 6.45) is 1.54. The molecule has 0 aliphatic heterocycles. The number of esters is 1. The summed E-state index contributed by atoms with van der Waals surface area (Å²) in [5.41, 5.74) is 5.47. The quantitative estimate of drug-likeness (QED) is 0.651. The number of hydrogen-bond donors (Lipinski definition) is 1. The predicted octanol–water partition coefficient (Wildman–Crippen LogP) is 0.197. The Labute approximate surface area is 70.4 Å². The monoisotopic (exact) mass is 166 g/mol. The summed E-state index contributed by atoms with van der Waals surface area (Å²) in [5, 5.41) is 0. The molecule has 4 nitrogen and oxygen atoms in total. The van der Waals surface area contributed by atoms with Crippen molar-refractivity contribution >= 4 is 5.97 Å². The number of pyridine rings is 1. The Morgan fingerprint density at radius 1 is 1.58 bits per heavy atom. The van der Waals surface area contributed by atoms with E-state index in [9.17, 15) is 4.79 Å². The van der Waals surface area contributed by atoms with Crippen LogP contribution < -0.4 is 5.73 Å². The van der Waals surface area contributed by atoms with Gasteiger partial charge in [-0.05, 0) is 12.1 Å². The fourth-order valence-electron chi connectivity index (χ4n) is 0.709. The van der Waals surface area contributed by atoms with Gasteiger partial charge in [-0.2, -0.15) is 0 Å². The highest BCUT2D eigenvalue weighted by atomic mass is 16.5. The van der Waals surface area contributed by atoms with Crippen molar-refractivity contribution in [1.29, 1.82) is 0 Å². The summed E-state index contributed by atoms with van der Waals surface area (Å²) in [4.78, 5) is 14.9. The van der Waals surface area contributed by atoms with Gasteiger partial charge in [-0.3, -0.25) is 0 Å². The van der Waals surface area contributed by atoms with Crippen LogP contribution in [-0.2, 0) is 4.74 Å². The first-order chi connectivity index (χ1) is 5.84. The van der Waals surface area contributed by atoms with E-state index in [0.29, 0.717) is 12.2 Å². The van der Waals surface area contributed by atoms with E-state index in [1.165, 1.54) is 0 Å². The molecule has 12 heavy (non-hydrogen) atoms. The number of aromatic nitrogens is 1. The summed E-state index contributed by atoms with van der Waals surface area (Å²) in [6, 6.07) is 5.06. The number of carbonyl (C=O) groups excluding carboxylic acids is 1. The lowest BCUT2D eigenvalue weighted by molar-refractivity contribution is 0.0510. The number of carbonyl (C=O) groups is 1. The van der Waals surface area contributed by atoms with Crippen molar-refractivity contribution in [3.8, 4) is 0 Å². The second kappa shape index (κ2) is 4.46. The van der Waals surface area contributed by atoms with Crippen molar-refractivity contribution in [3.05, 3.63) is 30.1 Å². The summed E-state index contributed by atoms with van der Waals surface area (Å²) in [7, 11) is 0. The molecule has 0 amide bonds. The van der Waals surface area contributed by atoms with Crippen LogP contribution in [0.4, 0.5) is 0 Å². The van der Waals surface area contributed by atoms with Crippen molar-refractivity contribution in [2.24, 2.45) is 5.73 Å². The Bertz CT molecular complexity index is 248. The number of nitrogens with two attached hydrogens (primary N) is 1. The first-order valence-electron chi connectivity index (χ1n) is 3.63. The number of rotatable bonds is 3. The molecule has 1 heterocycles. The van der Waals surface area contributed by atoms with Gasteiger partial charge >= 0.3 is 5.97 Å². The van der Waals surface area contributed by atoms with Crippen LogP contribution in [0.2, 0.25) is 0 Å². The average Bonchev–Trinajstić information content (AvgIpc) is 2.15. The molecule has 0 aromatic carbocycles. The maximum Gasteiger partial charge on any atom is 0.356 e. The maximum atomic E-state index is 11.1. The van der Waals surface area contributed by atoms with E-state index in [-0.39, 0.29) is 6.61 Å². The zero-order valence-electron chi connectivity index (χ0n) is 6.56. The van der Waals surface area contributed by atoms with Crippen LogP contribution in [0.15, 0.2) is 24.4 Å². The summed E-state index contributed by atoms with van der Waals surface area (Å²) in [6.45, 7) is 0.563. The molecule has 1 aromatic heterocycles. The van der Waals surface area contributed by atoms with E-state index < -0.39 is 5.97 Å². The standard InChI is InChI=1S/C8H10N2O2/c9-4-6-12-8(11)7-3-1-2-5-10-7/h1-3,5H,4,6,9H2. The highest BCUT2D eigenvalue weighted by molar-refractivity contribution is 5.87. The molecule has 0 saturated heterocycles. The lowest BCUT2D eigenvalue weighted by Gasteiger charge is -2.00. The molecule has 1 aromatic rings. The largest absolute Gasteiger partial charge is 0.460 e. The van der Waals surface area contributed by atoms with Gasteiger partial charge in [-0.1, -0.05) is 6.07 Å². The van der Waals surface area contributed by atoms with Gasteiger partial charge in [0, 0.05) is 12.7 Å². The first-order valence-corrected chi connectivity index (χ1v) is 3.63. The molecule has 0 unspecified atom stereocenters. The van der Waals surface area contributed by atoms with Gasteiger partial charge < -0.3 is 10.5 Å². The van der Waals surface area contributed by atoms with E-state index in [1.54, 1.807) is 24.4 Å². The van der Waals surface area contributed by atoms with Crippen LogP contribution in [-0.4, -0.2) is 24.1 Å². The van der Waals surface area contributed by atoms with Crippen LogP contribution in [0.3, 0.4) is 0 Å². The van der Waals surface area contributed by atoms with Crippen LogP contribution in [0, 0.1) is 0 Å². The maximum absolute atomic E-state index is 11.1. The van der Waals surface area contributed by atoms with Crippen LogP contribution >= 0.6 is 0 Å². The summed E-state index contributed by atoms with van der Waals surface area (Å²) < 4.78 is 4.75. The molecular weight excluding hydrogens is 156 g/mol. The third kappa shape index (κ3) is 2.32.